The van der Waals surface area contributed by atoms with Gasteiger partial charge in [-0.2, -0.15) is 13.8 Å². The fourth-order valence-corrected chi connectivity index (χ4v) is 3.96. The molecule has 0 atom stereocenters. The van der Waals surface area contributed by atoms with E-state index in [1.807, 2.05) is 6.92 Å². The summed E-state index contributed by atoms with van der Waals surface area (Å²) in [6.45, 7) is 3.07. The lowest BCUT2D eigenvalue weighted by molar-refractivity contribution is -0.159. The summed E-state index contributed by atoms with van der Waals surface area (Å²) in [5.74, 6) is -0.432. The number of hydrogen-bond acceptors (Lipinski definition) is 5. The molecule has 8 nitrogen and oxygen atoms in total. The second kappa shape index (κ2) is 10.1. The Hall–Kier alpha value is -3.66. The SMILES string of the molecule is CCCN1CC(=O)N(C)c2nc(Oc3cccc(OC(C)(F)F)c3)n(Cc3ccc(Cl)cc3)c2C1=O. The molecular weight excluding hydrogens is 494 g/mol. The zero-order valence-corrected chi connectivity index (χ0v) is 20.8. The number of imidazole rings is 1. The second-order valence-corrected chi connectivity index (χ2v) is 8.88. The third kappa shape index (κ3) is 5.59. The number of ether oxygens (including phenoxy) is 2. The molecule has 0 aliphatic carbocycles. The van der Waals surface area contributed by atoms with Gasteiger partial charge in [0.25, 0.3) is 5.91 Å². The van der Waals surface area contributed by atoms with Crippen LogP contribution in [0, 0.1) is 0 Å². The van der Waals surface area contributed by atoms with Crippen LogP contribution >= 0.6 is 11.6 Å². The van der Waals surface area contributed by atoms with Crippen LogP contribution in [0.25, 0.3) is 0 Å². The molecule has 11 heteroatoms. The van der Waals surface area contributed by atoms with Crippen LogP contribution in [0.1, 0.15) is 36.3 Å². The number of hydrogen-bond donors (Lipinski definition) is 0. The van der Waals surface area contributed by atoms with Gasteiger partial charge in [-0.25, -0.2) is 0 Å². The predicted molar refractivity (Wildman–Crippen MR) is 130 cm³/mol. The van der Waals surface area contributed by atoms with Crippen molar-refractivity contribution in [2.45, 2.75) is 32.9 Å². The quantitative estimate of drug-likeness (QED) is 0.410. The van der Waals surface area contributed by atoms with Crippen molar-refractivity contribution in [2.75, 3.05) is 25.0 Å². The highest BCUT2D eigenvalue weighted by Gasteiger charge is 2.36. The normalized spacial score (nSPS) is 14.1. The Morgan fingerprint density at radius 3 is 2.47 bits per heavy atom. The van der Waals surface area contributed by atoms with Crippen molar-refractivity contribution in [3.8, 4) is 17.5 Å². The van der Waals surface area contributed by atoms with Crippen LogP contribution in [0.4, 0.5) is 14.6 Å². The highest BCUT2D eigenvalue weighted by atomic mass is 35.5. The molecule has 0 saturated carbocycles. The Labute approximate surface area is 212 Å². The number of rotatable bonds is 8. The van der Waals surface area contributed by atoms with Crippen molar-refractivity contribution in [3.05, 3.63) is 64.8 Å². The molecule has 3 aromatic rings. The number of aromatic nitrogens is 2. The number of alkyl halides is 2. The molecule has 1 aliphatic heterocycles. The average Bonchev–Trinajstić information content (AvgIpc) is 3.12. The van der Waals surface area contributed by atoms with E-state index in [0.29, 0.717) is 24.9 Å². The Morgan fingerprint density at radius 1 is 1.11 bits per heavy atom. The van der Waals surface area contributed by atoms with E-state index in [2.05, 4.69) is 9.72 Å². The van der Waals surface area contributed by atoms with Crippen LogP contribution in [0.5, 0.6) is 17.5 Å². The van der Waals surface area contributed by atoms with Crippen LogP contribution in [0.3, 0.4) is 0 Å². The summed E-state index contributed by atoms with van der Waals surface area (Å²) in [7, 11) is 1.55. The van der Waals surface area contributed by atoms with Gasteiger partial charge in [-0.05, 0) is 36.2 Å². The number of halogens is 3. The summed E-state index contributed by atoms with van der Waals surface area (Å²) in [4.78, 5) is 33.7. The highest BCUT2D eigenvalue weighted by Crippen LogP contribution is 2.34. The third-order valence-corrected chi connectivity index (χ3v) is 5.73. The van der Waals surface area contributed by atoms with Crippen molar-refractivity contribution < 1.29 is 27.8 Å². The molecule has 1 aromatic heterocycles. The number of fused-ring (bicyclic) bond motifs is 1. The Balaban J connectivity index is 1.80. The number of carbonyl (C=O) groups excluding carboxylic acids is 2. The number of amides is 2. The van der Waals surface area contributed by atoms with Gasteiger partial charge >= 0.3 is 12.1 Å². The molecule has 190 valence electrons. The van der Waals surface area contributed by atoms with E-state index < -0.39 is 6.11 Å². The predicted octanol–water partition coefficient (Wildman–Crippen LogP) is 5.20. The van der Waals surface area contributed by atoms with Gasteiger partial charge in [0.1, 0.15) is 18.0 Å². The lowest BCUT2D eigenvalue weighted by atomic mass is 10.2. The number of anilines is 1. The molecule has 2 heterocycles. The summed E-state index contributed by atoms with van der Waals surface area (Å²) < 4.78 is 38.9. The van der Waals surface area contributed by atoms with Gasteiger partial charge in [-0.1, -0.05) is 36.7 Å². The number of carbonyl (C=O) groups is 2. The monoisotopic (exact) mass is 518 g/mol. The largest absolute Gasteiger partial charge is 0.433 e. The van der Waals surface area contributed by atoms with E-state index in [9.17, 15) is 18.4 Å². The summed E-state index contributed by atoms with van der Waals surface area (Å²) >= 11 is 6.03. The second-order valence-electron chi connectivity index (χ2n) is 8.45. The molecular formula is C25H25ClF2N4O4. The number of likely N-dealkylation sites (N-methyl/N-ethyl adjacent to an activating group) is 1. The standard InChI is InChI=1S/C25H25ClF2N4O4/c1-4-12-31-15-20(33)30(3)22-21(23(31)34)32(14-16-8-10-17(26)11-9-16)24(29-22)35-18-6-5-7-19(13-18)36-25(2,27)28/h5-11,13H,4,12,14-15H2,1-3H3. The molecule has 2 amide bonds. The van der Waals surface area contributed by atoms with Crippen LogP contribution in [0.2, 0.25) is 5.02 Å². The van der Waals surface area contributed by atoms with Gasteiger partial charge in [-0.3, -0.25) is 19.1 Å². The molecule has 36 heavy (non-hydrogen) atoms. The Kier molecular flexibility index (Phi) is 7.16. The van der Waals surface area contributed by atoms with Gasteiger partial charge in [0.05, 0.1) is 6.54 Å². The van der Waals surface area contributed by atoms with Crippen LogP contribution in [-0.2, 0) is 11.3 Å². The van der Waals surface area contributed by atoms with Crippen molar-refractivity contribution in [3.63, 3.8) is 0 Å². The minimum Gasteiger partial charge on any atom is -0.433 e. The van der Waals surface area contributed by atoms with E-state index in [4.69, 9.17) is 16.3 Å². The van der Waals surface area contributed by atoms with Crippen molar-refractivity contribution in [2.24, 2.45) is 0 Å². The molecule has 0 N–H and O–H groups in total. The maximum atomic E-state index is 13.6. The van der Waals surface area contributed by atoms with Gasteiger partial charge in [0, 0.05) is 31.6 Å². The van der Waals surface area contributed by atoms with Crippen LogP contribution in [0.15, 0.2) is 48.5 Å². The zero-order valence-electron chi connectivity index (χ0n) is 20.0. The molecule has 0 unspecified atom stereocenters. The molecule has 4 rings (SSSR count). The molecule has 1 aliphatic rings. The first kappa shape index (κ1) is 25.4. The van der Waals surface area contributed by atoms with E-state index in [1.54, 1.807) is 41.9 Å². The topological polar surface area (TPSA) is 76.9 Å². The van der Waals surface area contributed by atoms with E-state index in [1.165, 1.54) is 28.0 Å². The highest BCUT2D eigenvalue weighted by molar-refractivity contribution is 6.30. The minimum absolute atomic E-state index is 0.0155. The number of benzene rings is 2. The smallest absolute Gasteiger partial charge is 0.394 e. The molecule has 0 bridgehead atoms. The molecule has 0 saturated heterocycles. The first-order chi connectivity index (χ1) is 17.1. The lowest BCUT2D eigenvalue weighted by Gasteiger charge is -2.20. The van der Waals surface area contributed by atoms with Crippen LogP contribution < -0.4 is 14.4 Å². The summed E-state index contributed by atoms with van der Waals surface area (Å²) in [5, 5.41) is 0.555. The third-order valence-electron chi connectivity index (χ3n) is 5.48. The van der Waals surface area contributed by atoms with Gasteiger partial charge in [-0.15, -0.1) is 0 Å². The Morgan fingerprint density at radius 2 is 1.81 bits per heavy atom. The fraction of sp³-hybridized carbons (Fsp3) is 0.320. The molecule has 0 fully saturated rings. The molecule has 2 aromatic carbocycles. The van der Waals surface area contributed by atoms with Crippen molar-refractivity contribution in [1.29, 1.82) is 0 Å². The summed E-state index contributed by atoms with van der Waals surface area (Å²) in [6, 6.07) is 12.8. The van der Waals surface area contributed by atoms with Crippen molar-refractivity contribution >= 4 is 29.2 Å². The van der Waals surface area contributed by atoms with Gasteiger partial charge < -0.3 is 14.4 Å². The maximum absolute atomic E-state index is 13.6. The van der Waals surface area contributed by atoms with Crippen molar-refractivity contribution in [1.82, 2.24) is 14.5 Å². The van der Waals surface area contributed by atoms with E-state index >= 15 is 0 Å². The van der Waals surface area contributed by atoms with E-state index in [-0.39, 0.29) is 53.9 Å². The lowest BCUT2D eigenvalue weighted by Crippen LogP contribution is -2.38. The molecule has 0 radical (unpaired) electrons. The Bertz CT molecular complexity index is 1270. The van der Waals surface area contributed by atoms with Crippen LogP contribution in [-0.4, -0.2) is 52.5 Å². The molecule has 0 spiro atoms. The van der Waals surface area contributed by atoms with E-state index in [0.717, 1.165) is 5.56 Å². The maximum Gasteiger partial charge on any atom is 0.394 e. The summed E-state index contributed by atoms with van der Waals surface area (Å²) in [5.41, 5.74) is 0.995. The first-order valence-corrected chi connectivity index (χ1v) is 11.7. The van der Waals surface area contributed by atoms with Gasteiger partial charge in [0.2, 0.25) is 5.91 Å². The average molecular weight is 519 g/mol. The fourth-order valence-electron chi connectivity index (χ4n) is 3.84. The number of nitrogens with zero attached hydrogens (tertiary/aromatic N) is 4. The first-order valence-electron chi connectivity index (χ1n) is 11.3. The zero-order chi connectivity index (χ0) is 26.0. The summed E-state index contributed by atoms with van der Waals surface area (Å²) in [6.07, 6.45) is -2.71. The van der Waals surface area contributed by atoms with Gasteiger partial charge in [0.15, 0.2) is 11.5 Å². The minimum atomic E-state index is -3.37.